The van der Waals surface area contributed by atoms with Gasteiger partial charge in [0.2, 0.25) is 0 Å². The van der Waals surface area contributed by atoms with E-state index in [2.05, 4.69) is 9.97 Å². The molecule has 94 valence electrons. The molecule has 0 unspecified atom stereocenters. The molecular weight excluding hydrogens is 278 g/mol. The summed E-state index contributed by atoms with van der Waals surface area (Å²) in [6, 6.07) is 7.36. The van der Waals surface area contributed by atoms with Gasteiger partial charge >= 0.3 is 0 Å². The van der Waals surface area contributed by atoms with Crippen LogP contribution in [0.2, 0.25) is 10.3 Å². The van der Waals surface area contributed by atoms with Crippen molar-refractivity contribution in [3.05, 3.63) is 46.0 Å². The summed E-state index contributed by atoms with van der Waals surface area (Å²) in [5.74, 6) is -0.528. The van der Waals surface area contributed by atoms with Gasteiger partial charge in [0.05, 0.1) is 6.61 Å². The van der Waals surface area contributed by atoms with Gasteiger partial charge in [-0.25, -0.2) is 14.4 Å². The van der Waals surface area contributed by atoms with Gasteiger partial charge in [0.15, 0.2) is 21.9 Å². The Morgan fingerprint density at radius 2 is 1.89 bits per heavy atom. The molecule has 0 bridgehead atoms. The molecule has 0 radical (unpaired) electrons. The van der Waals surface area contributed by atoms with Crippen LogP contribution < -0.4 is 0 Å². The lowest BCUT2D eigenvalue weighted by atomic mass is 10.1. The highest BCUT2D eigenvalue weighted by molar-refractivity contribution is 6.33. The number of rotatable bonds is 3. The van der Waals surface area contributed by atoms with Gasteiger partial charge in [0, 0.05) is 12.7 Å². The molecule has 0 aliphatic carbocycles. The van der Waals surface area contributed by atoms with Crippen LogP contribution in [0.4, 0.5) is 4.39 Å². The smallest absolute Gasteiger partial charge is 0.197 e. The predicted molar refractivity (Wildman–Crippen MR) is 68.2 cm³/mol. The number of nitrogens with zero attached hydrogens (tertiary/aromatic N) is 2. The molecule has 2 rings (SSSR count). The van der Waals surface area contributed by atoms with Gasteiger partial charge in [-0.15, -0.1) is 0 Å². The van der Waals surface area contributed by atoms with E-state index in [0.717, 1.165) is 5.56 Å². The highest BCUT2D eigenvalue weighted by Gasteiger charge is 2.12. The van der Waals surface area contributed by atoms with Crippen molar-refractivity contribution >= 4 is 23.2 Å². The predicted octanol–water partition coefficient (Wildman–Crippen LogP) is 3.74. The van der Waals surface area contributed by atoms with Gasteiger partial charge in [-0.2, -0.15) is 0 Å². The fourth-order valence-corrected chi connectivity index (χ4v) is 1.88. The Hall–Kier alpha value is -1.23. The summed E-state index contributed by atoms with van der Waals surface area (Å²) in [6.07, 6.45) is 0. The maximum atomic E-state index is 13.2. The number of ether oxygens (including phenoxy) is 1. The highest BCUT2D eigenvalue weighted by Crippen LogP contribution is 2.24. The van der Waals surface area contributed by atoms with Crippen LogP contribution in [-0.4, -0.2) is 17.1 Å². The van der Waals surface area contributed by atoms with E-state index in [-0.39, 0.29) is 16.1 Å². The number of aromatic nitrogens is 2. The number of benzene rings is 1. The fourth-order valence-electron chi connectivity index (χ4n) is 1.49. The van der Waals surface area contributed by atoms with E-state index in [4.69, 9.17) is 27.9 Å². The first-order chi connectivity index (χ1) is 8.61. The molecule has 6 heteroatoms. The minimum atomic E-state index is -0.810. The second-order valence-electron chi connectivity index (χ2n) is 3.58. The fraction of sp³-hybridized carbons (Fsp3) is 0.167. The summed E-state index contributed by atoms with van der Waals surface area (Å²) >= 11 is 11.3. The summed E-state index contributed by atoms with van der Waals surface area (Å²) in [4.78, 5) is 7.72. The summed E-state index contributed by atoms with van der Waals surface area (Å²) in [5, 5.41) is -0.579. The SMILES string of the molecule is COCc1cccc(-c2nc(Cl)c(F)c(Cl)n2)c1. The van der Waals surface area contributed by atoms with Crippen molar-refractivity contribution in [3.8, 4) is 11.4 Å². The van der Waals surface area contributed by atoms with Crippen LogP contribution in [-0.2, 0) is 11.3 Å². The van der Waals surface area contributed by atoms with E-state index < -0.39 is 5.82 Å². The second kappa shape index (κ2) is 5.61. The average Bonchev–Trinajstić information content (AvgIpc) is 2.36. The van der Waals surface area contributed by atoms with E-state index in [1.165, 1.54) is 0 Å². The van der Waals surface area contributed by atoms with E-state index in [1.54, 1.807) is 13.2 Å². The van der Waals surface area contributed by atoms with E-state index >= 15 is 0 Å². The van der Waals surface area contributed by atoms with Crippen molar-refractivity contribution in [2.45, 2.75) is 6.61 Å². The topological polar surface area (TPSA) is 35.0 Å². The van der Waals surface area contributed by atoms with Crippen LogP contribution in [0.25, 0.3) is 11.4 Å². The number of methoxy groups -OCH3 is 1. The van der Waals surface area contributed by atoms with Crippen LogP contribution in [0.5, 0.6) is 0 Å². The van der Waals surface area contributed by atoms with Crippen molar-refractivity contribution in [2.75, 3.05) is 7.11 Å². The Morgan fingerprint density at radius 1 is 1.22 bits per heavy atom. The zero-order valence-electron chi connectivity index (χ0n) is 9.45. The van der Waals surface area contributed by atoms with E-state index in [9.17, 15) is 4.39 Å². The van der Waals surface area contributed by atoms with Crippen molar-refractivity contribution in [1.29, 1.82) is 0 Å². The Morgan fingerprint density at radius 3 is 2.50 bits per heavy atom. The summed E-state index contributed by atoms with van der Waals surface area (Å²) in [5.41, 5.74) is 1.66. The Bertz CT molecular complexity index is 555. The first kappa shape index (κ1) is 13.2. The molecular formula is C12H9Cl2FN2O. The van der Waals surface area contributed by atoms with Gasteiger partial charge in [-0.1, -0.05) is 41.4 Å². The summed E-state index contributed by atoms with van der Waals surface area (Å²) in [6.45, 7) is 0.469. The molecule has 0 aliphatic rings. The average molecular weight is 287 g/mol. The highest BCUT2D eigenvalue weighted by atomic mass is 35.5. The first-order valence-corrected chi connectivity index (χ1v) is 5.84. The lowest BCUT2D eigenvalue weighted by Gasteiger charge is -2.05. The summed E-state index contributed by atoms with van der Waals surface area (Å²) in [7, 11) is 1.61. The third kappa shape index (κ3) is 2.77. The van der Waals surface area contributed by atoms with Crippen molar-refractivity contribution in [2.24, 2.45) is 0 Å². The van der Waals surface area contributed by atoms with E-state index in [1.807, 2.05) is 18.2 Å². The van der Waals surface area contributed by atoms with Crippen molar-refractivity contribution < 1.29 is 9.13 Å². The molecule has 3 nitrogen and oxygen atoms in total. The van der Waals surface area contributed by atoms with Crippen LogP contribution in [0.15, 0.2) is 24.3 Å². The largest absolute Gasteiger partial charge is 0.380 e. The van der Waals surface area contributed by atoms with Crippen molar-refractivity contribution in [1.82, 2.24) is 9.97 Å². The maximum absolute atomic E-state index is 13.2. The molecule has 0 N–H and O–H groups in total. The van der Waals surface area contributed by atoms with Crippen LogP contribution in [0.3, 0.4) is 0 Å². The molecule has 0 saturated heterocycles. The first-order valence-electron chi connectivity index (χ1n) is 5.08. The van der Waals surface area contributed by atoms with Crippen LogP contribution in [0.1, 0.15) is 5.56 Å². The maximum Gasteiger partial charge on any atom is 0.197 e. The minimum Gasteiger partial charge on any atom is -0.380 e. The Balaban J connectivity index is 2.45. The normalized spacial score (nSPS) is 10.7. The Kier molecular flexibility index (Phi) is 4.11. The van der Waals surface area contributed by atoms with Gasteiger partial charge in [0.25, 0.3) is 0 Å². The standard InChI is InChI=1S/C12H9Cl2FN2O/c1-18-6-7-3-2-4-8(5-7)12-16-10(13)9(15)11(14)17-12/h2-5H,6H2,1H3. The van der Waals surface area contributed by atoms with Crippen LogP contribution >= 0.6 is 23.2 Å². The second-order valence-corrected chi connectivity index (χ2v) is 4.29. The molecule has 1 heterocycles. The molecule has 0 atom stereocenters. The molecule has 0 aliphatic heterocycles. The van der Waals surface area contributed by atoms with Gasteiger partial charge in [-0.05, 0) is 11.6 Å². The molecule has 18 heavy (non-hydrogen) atoms. The lowest BCUT2D eigenvalue weighted by Crippen LogP contribution is -1.95. The molecule has 1 aromatic carbocycles. The number of hydrogen-bond donors (Lipinski definition) is 0. The zero-order valence-corrected chi connectivity index (χ0v) is 11.0. The van der Waals surface area contributed by atoms with Gasteiger partial charge in [0.1, 0.15) is 0 Å². The third-order valence-electron chi connectivity index (χ3n) is 2.27. The minimum absolute atomic E-state index is 0.282. The molecule has 0 amide bonds. The third-order valence-corrected chi connectivity index (χ3v) is 2.77. The van der Waals surface area contributed by atoms with Gasteiger partial charge in [-0.3, -0.25) is 0 Å². The van der Waals surface area contributed by atoms with Gasteiger partial charge < -0.3 is 4.74 Å². The molecule has 1 aromatic heterocycles. The van der Waals surface area contributed by atoms with E-state index in [0.29, 0.717) is 12.2 Å². The van der Waals surface area contributed by atoms with Crippen LogP contribution in [0, 0.1) is 5.82 Å². The Labute approximate surface area is 114 Å². The number of halogens is 3. The quantitative estimate of drug-likeness (QED) is 0.807. The number of hydrogen-bond acceptors (Lipinski definition) is 3. The molecule has 2 aromatic rings. The molecule has 0 saturated carbocycles. The monoisotopic (exact) mass is 286 g/mol. The zero-order chi connectivity index (χ0) is 13.1. The molecule has 0 fully saturated rings. The van der Waals surface area contributed by atoms with Crippen molar-refractivity contribution in [3.63, 3.8) is 0 Å². The lowest BCUT2D eigenvalue weighted by molar-refractivity contribution is 0.185. The molecule has 0 spiro atoms. The summed E-state index contributed by atoms with van der Waals surface area (Å²) < 4.78 is 18.2.